The van der Waals surface area contributed by atoms with Crippen LogP contribution in [0.4, 0.5) is 24.9 Å². The lowest BCUT2D eigenvalue weighted by Crippen LogP contribution is -2.27. The van der Waals surface area contributed by atoms with Crippen LogP contribution in [0.25, 0.3) is 11.3 Å². The van der Waals surface area contributed by atoms with Crippen LogP contribution in [0.5, 0.6) is 5.75 Å². The number of rotatable bonds is 7. The van der Waals surface area contributed by atoms with Gasteiger partial charge in [0.2, 0.25) is 5.95 Å². The molecule has 0 saturated carbocycles. The SMILES string of the molecule is CC(C)(C)Nc1nc(NCCc2ccccn2)cc(-c2cccc(OC(F)(F)F)c2)n1. The molecule has 31 heavy (non-hydrogen) atoms. The second-order valence-corrected chi connectivity index (χ2v) is 7.91. The summed E-state index contributed by atoms with van der Waals surface area (Å²) in [5.74, 6) is 0.612. The van der Waals surface area contributed by atoms with E-state index in [1.807, 2.05) is 39.0 Å². The fourth-order valence-electron chi connectivity index (χ4n) is 2.79. The molecule has 0 atom stereocenters. The number of anilines is 2. The maximum atomic E-state index is 12.6. The van der Waals surface area contributed by atoms with Gasteiger partial charge in [0.1, 0.15) is 11.6 Å². The van der Waals surface area contributed by atoms with Gasteiger partial charge in [-0.25, -0.2) is 4.98 Å². The molecule has 0 amide bonds. The van der Waals surface area contributed by atoms with E-state index in [0.717, 1.165) is 5.69 Å². The summed E-state index contributed by atoms with van der Waals surface area (Å²) in [5.41, 5.74) is 1.59. The summed E-state index contributed by atoms with van der Waals surface area (Å²) in [7, 11) is 0. The Morgan fingerprint density at radius 3 is 2.45 bits per heavy atom. The second-order valence-electron chi connectivity index (χ2n) is 7.91. The van der Waals surface area contributed by atoms with Crippen LogP contribution in [0.2, 0.25) is 0 Å². The topological polar surface area (TPSA) is 72.0 Å². The van der Waals surface area contributed by atoms with Crippen LogP contribution in [0.3, 0.4) is 0 Å². The van der Waals surface area contributed by atoms with Crippen LogP contribution in [-0.2, 0) is 6.42 Å². The van der Waals surface area contributed by atoms with Gasteiger partial charge in [-0.2, -0.15) is 4.98 Å². The molecule has 0 aliphatic rings. The van der Waals surface area contributed by atoms with Crippen molar-refractivity contribution in [1.82, 2.24) is 15.0 Å². The van der Waals surface area contributed by atoms with Crippen molar-refractivity contribution in [3.63, 3.8) is 0 Å². The van der Waals surface area contributed by atoms with Crippen molar-refractivity contribution in [3.8, 4) is 17.0 Å². The van der Waals surface area contributed by atoms with Gasteiger partial charge < -0.3 is 15.4 Å². The average Bonchev–Trinajstić information content (AvgIpc) is 2.66. The summed E-state index contributed by atoms with van der Waals surface area (Å²) in [5, 5.41) is 6.45. The first kappa shape index (κ1) is 22.3. The van der Waals surface area contributed by atoms with Gasteiger partial charge in [-0.3, -0.25) is 4.98 Å². The van der Waals surface area contributed by atoms with Gasteiger partial charge in [0.25, 0.3) is 0 Å². The molecule has 6 nitrogen and oxygen atoms in total. The zero-order valence-corrected chi connectivity index (χ0v) is 17.5. The first-order chi connectivity index (χ1) is 14.6. The lowest BCUT2D eigenvalue weighted by Gasteiger charge is -2.21. The van der Waals surface area contributed by atoms with Gasteiger partial charge in [0, 0.05) is 42.0 Å². The van der Waals surface area contributed by atoms with E-state index in [4.69, 9.17) is 0 Å². The van der Waals surface area contributed by atoms with Crippen molar-refractivity contribution in [3.05, 3.63) is 60.4 Å². The van der Waals surface area contributed by atoms with Gasteiger partial charge in [-0.15, -0.1) is 13.2 Å². The number of aromatic nitrogens is 3. The molecule has 3 rings (SSSR count). The molecule has 9 heteroatoms. The van der Waals surface area contributed by atoms with Gasteiger partial charge in [0.05, 0.1) is 5.69 Å². The molecule has 2 heterocycles. The van der Waals surface area contributed by atoms with Gasteiger partial charge >= 0.3 is 6.36 Å². The summed E-state index contributed by atoms with van der Waals surface area (Å²) >= 11 is 0. The average molecular weight is 431 g/mol. The molecular weight excluding hydrogens is 407 g/mol. The first-order valence-electron chi connectivity index (χ1n) is 9.75. The van der Waals surface area contributed by atoms with Crippen LogP contribution >= 0.6 is 0 Å². The van der Waals surface area contributed by atoms with Gasteiger partial charge in [-0.05, 0) is 45.0 Å². The largest absolute Gasteiger partial charge is 0.573 e. The molecule has 0 saturated heterocycles. The Balaban J connectivity index is 1.85. The Morgan fingerprint density at radius 1 is 0.968 bits per heavy atom. The van der Waals surface area contributed by atoms with E-state index in [9.17, 15) is 13.2 Å². The predicted molar refractivity (Wildman–Crippen MR) is 114 cm³/mol. The summed E-state index contributed by atoms with van der Waals surface area (Å²) in [6, 6.07) is 13.1. The number of alkyl halides is 3. The van der Waals surface area contributed by atoms with E-state index in [2.05, 4.69) is 30.3 Å². The van der Waals surface area contributed by atoms with Crippen molar-refractivity contribution < 1.29 is 17.9 Å². The number of hydrogen-bond donors (Lipinski definition) is 2. The third-order valence-corrected chi connectivity index (χ3v) is 3.99. The van der Waals surface area contributed by atoms with Crippen molar-refractivity contribution >= 4 is 11.8 Å². The third-order valence-electron chi connectivity index (χ3n) is 3.99. The molecule has 0 aliphatic carbocycles. The fourth-order valence-corrected chi connectivity index (χ4v) is 2.79. The van der Waals surface area contributed by atoms with Crippen molar-refractivity contribution in [1.29, 1.82) is 0 Å². The minimum atomic E-state index is -4.76. The van der Waals surface area contributed by atoms with Gasteiger partial charge in [0.15, 0.2) is 0 Å². The Hall–Kier alpha value is -3.36. The zero-order chi connectivity index (χ0) is 22.5. The van der Waals surface area contributed by atoms with Crippen molar-refractivity contribution in [2.24, 2.45) is 0 Å². The highest BCUT2D eigenvalue weighted by molar-refractivity contribution is 5.66. The Morgan fingerprint density at radius 2 is 1.77 bits per heavy atom. The minimum absolute atomic E-state index is 0.301. The highest BCUT2D eigenvalue weighted by Crippen LogP contribution is 2.29. The molecule has 2 aromatic heterocycles. The molecular formula is C22H24F3N5O. The van der Waals surface area contributed by atoms with Crippen LogP contribution in [0, 0.1) is 0 Å². The number of nitrogens with zero attached hydrogens (tertiary/aromatic N) is 3. The Labute approximate surface area is 178 Å². The van der Waals surface area contributed by atoms with Crippen LogP contribution in [0.15, 0.2) is 54.7 Å². The summed E-state index contributed by atoms with van der Waals surface area (Å²) in [6.45, 7) is 6.48. The first-order valence-corrected chi connectivity index (χ1v) is 9.75. The highest BCUT2D eigenvalue weighted by atomic mass is 19.4. The third kappa shape index (κ3) is 7.44. The molecule has 3 aromatic rings. The minimum Gasteiger partial charge on any atom is -0.406 e. The lowest BCUT2D eigenvalue weighted by molar-refractivity contribution is -0.274. The normalized spacial score (nSPS) is 11.8. The smallest absolute Gasteiger partial charge is 0.406 e. The van der Waals surface area contributed by atoms with Crippen LogP contribution in [-0.4, -0.2) is 33.4 Å². The molecule has 0 unspecified atom stereocenters. The quantitative estimate of drug-likeness (QED) is 0.529. The number of ether oxygens (including phenoxy) is 1. The predicted octanol–water partition coefficient (Wildman–Crippen LogP) is 5.30. The Bertz CT molecular complexity index is 1000. The van der Waals surface area contributed by atoms with Crippen molar-refractivity contribution in [2.75, 3.05) is 17.2 Å². The fraction of sp³-hybridized carbons (Fsp3) is 0.318. The number of halogens is 3. The Kier molecular flexibility index (Phi) is 6.62. The van der Waals surface area contributed by atoms with E-state index in [1.165, 1.54) is 18.2 Å². The summed E-state index contributed by atoms with van der Waals surface area (Å²) in [4.78, 5) is 13.3. The molecule has 0 aliphatic heterocycles. The van der Waals surface area contributed by atoms with E-state index < -0.39 is 6.36 Å². The maximum absolute atomic E-state index is 12.6. The van der Waals surface area contributed by atoms with E-state index in [1.54, 1.807) is 18.3 Å². The second kappa shape index (κ2) is 9.20. The standard InChI is InChI=1S/C22H24F3N5O/c1-21(2,3)30-20-28-18(15-7-6-9-17(13-15)31-22(23,24)25)14-19(29-20)27-12-10-16-8-4-5-11-26-16/h4-9,11,13-14H,10,12H2,1-3H3,(H2,27,28,29,30). The maximum Gasteiger partial charge on any atom is 0.573 e. The molecule has 2 N–H and O–H groups in total. The van der Waals surface area contributed by atoms with E-state index in [-0.39, 0.29) is 11.3 Å². The summed E-state index contributed by atoms with van der Waals surface area (Å²) < 4.78 is 41.8. The molecule has 0 spiro atoms. The van der Waals surface area contributed by atoms with E-state index >= 15 is 0 Å². The highest BCUT2D eigenvalue weighted by Gasteiger charge is 2.31. The molecule has 1 aromatic carbocycles. The molecule has 0 radical (unpaired) electrons. The molecule has 0 fully saturated rings. The number of nitrogens with one attached hydrogen (secondary N) is 2. The molecule has 0 bridgehead atoms. The summed E-state index contributed by atoms with van der Waals surface area (Å²) in [6.07, 6.45) is -2.34. The van der Waals surface area contributed by atoms with Crippen LogP contribution < -0.4 is 15.4 Å². The van der Waals surface area contributed by atoms with Gasteiger partial charge in [-0.1, -0.05) is 18.2 Å². The van der Waals surface area contributed by atoms with E-state index in [0.29, 0.717) is 36.0 Å². The number of hydrogen-bond acceptors (Lipinski definition) is 6. The monoisotopic (exact) mass is 431 g/mol. The number of pyridine rings is 1. The molecule has 164 valence electrons. The van der Waals surface area contributed by atoms with Crippen LogP contribution in [0.1, 0.15) is 26.5 Å². The zero-order valence-electron chi connectivity index (χ0n) is 17.5. The number of benzene rings is 1. The lowest BCUT2D eigenvalue weighted by atomic mass is 10.1. The van der Waals surface area contributed by atoms with Crippen molar-refractivity contribution in [2.45, 2.75) is 39.1 Å².